The quantitative estimate of drug-likeness (QED) is 0.452. The summed E-state index contributed by atoms with van der Waals surface area (Å²) in [6.07, 6.45) is 2.50. The maximum Gasteiger partial charge on any atom is 0.229 e. The SMILES string of the molecule is COc1ccc(Nc2nc(Nc3ccc(C)cc3OC)ncc2Cl)c(NS(C)(=O)=O)c1. The summed E-state index contributed by atoms with van der Waals surface area (Å²) < 4.78 is 36.5. The van der Waals surface area contributed by atoms with Crippen molar-refractivity contribution in [1.29, 1.82) is 0 Å². The average Bonchev–Trinajstić information content (AvgIpc) is 2.71. The van der Waals surface area contributed by atoms with E-state index in [1.165, 1.54) is 13.3 Å². The van der Waals surface area contributed by atoms with Gasteiger partial charge in [0.05, 0.1) is 43.7 Å². The van der Waals surface area contributed by atoms with Crippen LogP contribution in [0.2, 0.25) is 5.02 Å². The van der Waals surface area contributed by atoms with Gasteiger partial charge in [0.25, 0.3) is 0 Å². The van der Waals surface area contributed by atoms with E-state index in [0.29, 0.717) is 22.9 Å². The molecule has 0 amide bonds. The predicted molar refractivity (Wildman–Crippen MR) is 123 cm³/mol. The molecular formula is C20H22ClN5O4S. The zero-order valence-electron chi connectivity index (χ0n) is 17.4. The lowest BCUT2D eigenvalue weighted by Crippen LogP contribution is -2.11. The largest absolute Gasteiger partial charge is 0.497 e. The number of benzene rings is 2. The molecule has 11 heteroatoms. The average molecular weight is 464 g/mol. The van der Waals surface area contributed by atoms with Crippen molar-refractivity contribution in [2.75, 3.05) is 35.8 Å². The molecule has 2 aromatic carbocycles. The van der Waals surface area contributed by atoms with Crippen LogP contribution in [0.1, 0.15) is 5.56 Å². The van der Waals surface area contributed by atoms with Crippen LogP contribution in [-0.4, -0.2) is 38.9 Å². The summed E-state index contributed by atoms with van der Waals surface area (Å²) in [4.78, 5) is 8.61. The van der Waals surface area contributed by atoms with E-state index in [1.54, 1.807) is 25.3 Å². The number of hydrogen-bond acceptors (Lipinski definition) is 8. The minimum atomic E-state index is -3.52. The topological polar surface area (TPSA) is 114 Å². The van der Waals surface area contributed by atoms with Gasteiger partial charge in [0.1, 0.15) is 16.5 Å². The Morgan fingerprint density at radius 2 is 1.71 bits per heavy atom. The molecule has 0 unspecified atom stereocenters. The van der Waals surface area contributed by atoms with Crippen LogP contribution < -0.4 is 24.8 Å². The van der Waals surface area contributed by atoms with Gasteiger partial charge in [-0.25, -0.2) is 13.4 Å². The second-order valence-electron chi connectivity index (χ2n) is 6.63. The Labute approximate surface area is 185 Å². The van der Waals surface area contributed by atoms with Gasteiger partial charge in [-0.3, -0.25) is 4.72 Å². The summed E-state index contributed by atoms with van der Waals surface area (Å²) in [5.41, 5.74) is 2.45. The third-order valence-electron chi connectivity index (χ3n) is 4.12. The number of sulfonamides is 1. The van der Waals surface area contributed by atoms with Crippen molar-refractivity contribution in [2.45, 2.75) is 6.92 Å². The first-order valence-electron chi connectivity index (χ1n) is 9.05. The van der Waals surface area contributed by atoms with E-state index < -0.39 is 10.0 Å². The molecule has 1 aromatic heterocycles. The number of anilines is 5. The van der Waals surface area contributed by atoms with Gasteiger partial charge in [0.15, 0.2) is 5.82 Å². The Kier molecular flexibility index (Phi) is 6.71. The Balaban J connectivity index is 1.93. The van der Waals surface area contributed by atoms with Gasteiger partial charge < -0.3 is 20.1 Å². The number of rotatable bonds is 8. The molecule has 0 atom stereocenters. The highest BCUT2D eigenvalue weighted by molar-refractivity contribution is 7.92. The summed E-state index contributed by atoms with van der Waals surface area (Å²) >= 11 is 6.27. The molecule has 0 bridgehead atoms. The van der Waals surface area contributed by atoms with Crippen LogP contribution in [0, 0.1) is 6.92 Å². The number of methoxy groups -OCH3 is 2. The number of nitrogens with zero attached hydrogens (tertiary/aromatic N) is 2. The molecule has 31 heavy (non-hydrogen) atoms. The van der Waals surface area contributed by atoms with Crippen LogP contribution in [0.4, 0.5) is 28.8 Å². The minimum Gasteiger partial charge on any atom is -0.497 e. The van der Waals surface area contributed by atoms with E-state index in [4.69, 9.17) is 21.1 Å². The van der Waals surface area contributed by atoms with Crippen molar-refractivity contribution < 1.29 is 17.9 Å². The first-order chi connectivity index (χ1) is 14.7. The van der Waals surface area contributed by atoms with Crippen molar-refractivity contribution in [2.24, 2.45) is 0 Å². The molecule has 0 saturated carbocycles. The van der Waals surface area contributed by atoms with Gasteiger partial charge >= 0.3 is 0 Å². The fraction of sp³-hybridized carbons (Fsp3) is 0.200. The molecule has 3 aromatic rings. The number of aromatic nitrogens is 2. The number of hydrogen-bond donors (Lipinski definition) is 3. The minimum absolute atomic E-state index is 0.252. The number of halogens is 1. The smallest absolute Gasteiger partial charge is 0.229 e. The van der Waals surface area contributed by atoms with E-state index >= 15 is 0 Å². The Morgan fingerprint density at radius 3 is 2.39 bits per heavy atom. The summed E-state index contributed by atoms with van der Waals surface area (Å²) in [6, 6.07) is 10.6. The fourth-order valence-electron chi connectivity index (χ4n) is 2.71. The Morgan fingerprint density at radius 1 is 0.968 bits per heavy atom. The van der Waals surface area contributed by atoms with E-state index in [1.807, 2.05) is 25.1 Å². The summed E-state index contributed by atoms with van der Waals surface area (Å²) in [5.74, 6) is 1.69. The lowest BCUT2D eigenvalue weighted by atomic mass is 10.2. The monoisotopic (exact) mass is 463 g/mol. The van der Waals surface area contributed by atoms with Crippen molar-refractivity contribution in [1.82, 2.24) is 9.97 Å². The van der Waals surface area contributed by atoms with Crippen LogP contribution in [-0.2, 0) is 10.0 Å². The first kappa shape index (κ1) is 22.4. The van der Waals surface area contributed by atoms with Crippen molar-refractivity contribution in [3.63, 3.8) is 0 Å². The van der Waals surface area contributed by atoms with Crippen molar-refractivity contribution >= 4 is 50.5 Å². The molecular weight excluding hydrogens is 442 g/mol. The zero-order chi connectivity index (χ0) is 22.6. The van der Waals surface area contributed by atoms with Crippen LogP contribution in [0.5, 0.6) is 11.5 Å². The van der Waals surface area contributed by atoms with Crippen LogP contribution >= 0.6 is 11.6 Å². The maximum atomic E-state index is 11.8. The van der Waals surface area contributed by atoms with Gasteiger partial charge in [-0.1, -0.05) is 17.7 Å². The van der Waals surface area contributed by atoms with Crippen molar-refractivity contribution in [3.05, 3.63) is 53.2 Å². The second-order valence-corrected chi connectivity index (χ2v) is 8.79. The van der Waals surface area contributed by atoms with Gasteiger partial charge in [0, 0.05) is 6.07 Å². The van der Waals surface area contributed by atoms with Crippen LogP contribution in [0.15, 0.2) is 42.6 Å². The molecule has 0 saturated heterocycles. The molecule has 1 heterocycles. The molecule has 0 spiro atoms. The summed E-state index contributed by atoms with van der Waals surface area (Å²) in [6.45, 7) is 1.96. The first-order valence-corrected chi connectivity index (χ1v) is 11.3. The molecule has 164 valence electrons. The highest BCUT2D eigenvalue weighted by atomic mass is 35.5. The third kappa shape index (κ3) is 5.89. The van der Waals surface area contributed by atoms with Gasteiger partial charge in [0.2, 0.25) is 16.0 Å². The lowest BCUT2D eigenvalue weighted by Gasteiger charge is -2.15. The summed E-state index contributed by atoms with van der Waals surface area (Å²) in [5, 5.41) is 6.39. The predicted octanol–water partition coefficient (Wildman–Crippen LogP) is 4.31. The number of aryl methyl sites for hydroxylation is 1. The standard InChI is InChI=1S/C20H22ClN5O4S/c1-12-5-7-16(18(9-12)30-3)24-20-22-11-14(21)19(25-20)23-15-8-6-13(29-2)10-17(15)26-31(4,27)28/h5-11,26H,1-4H3,(H2,22,23,24,25). The van der Waals surface area contributed by atoms with E-state index in [2.05, 4.69) is 25.3 Å². The molecule has 0 aliphatic carbocycles. The highest BCUT2D eigenvalue weighted by Gasteiger charge is 2.13. The van der Waals surface area contributed by atoms with Crippen LogP contribution in [0.25, 0.3) is 0 Å². The Hall–Kier alpha value is -3.24. The highest BCUT2D eigenvalue weighted by Crippen LogP contribution is 2.33. The molecule has 0 radical (unpaired) electrons. The van der Waals surface area contributed by atoms with E-state index in [9.17, 15) is 8.42 Å². The molecule has 3 rings (SSSR count). The molecule has 0 aliphatic heterocycles. The second kappa shape index (κ2) is 9.27. The maximum absolute atomic E-state index is 11.8. The van der Waals surface area contributed by atoms with Crippen molar-refractivity contribution in [3.8, 4) is 11.5 Å². The lowest BCUT2D eigenvalue weighted by molar-refractivity contribution is 0.415. The number of nitrogens with one attached hydrogen (secondary N) is 3. The van der Waals surface area contributed by atoms with E-state index in [0.717, 1.165) is 11.8 Å². The van der Waals surface area contributed by atoms with E-state index in [-0.39, 0.29) is 22.5 Å². The van der Waals surface area contributed by atoms with Gasteiger partial charge in [-0.05, 0) is 36.8 Å². The number of ether oxygens (including phenoxy) is 2. The normalized spacial score (nSPS) is 11.0. The van der Waals surface area contributed by atoms with Gasteiger partial charge in [-0.15, -0.1) is 0 Å². The molecule has 3 N–H and O–H groups in total. The molecule has 0 aliphatic rings. The Bertz CT molecular complexity index is 1200. The summed E-state index contributed by atoms with van der Waals surface area (Å²) in [7, 11) is -0.454. The van der Waals surface area contributed by atoms with Gasteiger partial charge in [-0.2, -0.15) is 4.98 Å². The van der Waals surface area contributed by atoms with Crippen LogP contribution in [0.3, 0.4) is 0 Å². The third-order valence-corrected chi connectivity index (χ3v) is 4.99. The fourth-order valence-corrected chi connectivity index (χ4v) is 3.41. The zero-order valence-corrected chi connectivity index (χ0v) is 18.9. The molecule has 0 fully saturated rings. The molecule has 9 nitrogen and oxygen atoms in total.